The molecule has 0 radical (unpaired) electrons. The second-order valence-corrected chi connectivity index (χ2v) is 4.15. The highest BCUT2D eigenvalue weighted by molar-refractivity contribution is 7.13. The van der Waals surface area contributed by atoms with Crippen molar-refractivity contribution in [2.45, 2.75) is 12.8 Å². The molecule has 0 saturated carbocycles. The first-order valence-electron chi connectivity index (χ1n) is 4.71. The molecule has 0 N–H and O–H groups in total. The number of aromatic nitrogens is 1. The Morgan fingerprint density at radius 2 is 2.07 bits per heavy atom. The van der Waals surface area contributed by atoms with Gasteiger partial charge in [0.1, 0.15) is 5.01 Å². The Bertz CT molecular complexity index is 482. The molecule has 0 bridgehead atoms. The minimum atomic E-state index is -0.126. The minimum Gasteiger partial charge on any atom is -0.240 e. The molecule has 0 fully saturated rings. The van der Waals surface area contributed by atoms with E-state index in [1.807, 2.05) is 42.6 Å². The Hall–Kier alpha value is -1.66. The van der Waals surface area contributed by atoms with Crippen molar-refractivity contribution in [3.05, 3.63) is 41.4 Å². The van der Waals surface area contributed by atoms with E-state index >= 15 is 0 Å². The van der Waals surface area contributed by atoms with Gasteiger partial charge in [-0.05, 0) is 6.92 Å². The van der Waals surface area contributed by atoms with E-state index in [4.69, 9.17) is 5.26 Å². The molecule has 15 heavy (non-hydrogen) atoms. The first-order valence-corrected chi connectivity index (χ1v) is 5.59. The number of nitrogens with zero attached hydrogens (tertiary/aromatic N) is 2. The molecule has 1 atom stereocenters. The molecular formula is C12H10N2S. The second kappa shape index (κ2) is 4.24. The van der Waals surface area contributed by atoms with E-state index < -0.39 is 0 Å². The van der Waals surface area contributed by atoms with E-state index in [0.717, 1.165) is 16.3 Å². The third-order valence-corrected chi connectivity index (χ3v) is 3.09. The van der Waals surface area contributed by atoms with E-state index in [9.17, 15) is 0 Å². The van der Waals surface area contributed by atoms with Gasteiger partial charge in [-0.15, -0.1) is 11.3 Å². The Balaban J connectivity index is 2.33. The predicted molar refractivity (Wildman–Crippen MR) is 61.6 cm³/mol. The summed E-state index contributed by atoms with van der Waals surface area (Å²) in [5, 5.41) is 11.7. The van der Waals surface area contributed by atoms with Crippen molar-refractivity contribution < 1.29 is 0 Å². The number of thiazole rings is 1. The average molecular weight is 214 g/mol. The molecule has 1 unspecified atom stereocenters. The molecule has 0 aliphatic heterocycles. The van der Waals surface area contributed by atoms with Crippen LogP contribution in [0.4, 0.5) is 0 Å². The fraction of sp³-hybridized carbons (Fsp3) is 0.167. The maximum absolute atomic E-state index is 8.78. The van der Waals surface area contributed by atoms with Crippen molar-refractivity contribution in [3.63, 3.8) is 0 Å². The van der Waals surface area contributed by atoms with Gasteiger partial charge in [0, 0.05) is 10.9 Å². The third-order valence-electron chi connectivity index (χ3n) is 2.18. The van der Waals surface area contributed by atoms with Crippen molar-refractivity contribution in [1.82, 2.24) is 4.98 Å². The molecule has 3 heteroatoms. The summed E-state index contributed by atoms with van der Waals surface area (Å²) in [5.41, 5.74) is 1.97. The lowest BCUT2D eigenvalue weighted by atomic mass is 10.1. The van der Waals surface area contributed by atoms with Gasteiger partial charge in [0.2, 0.25) is 0 Å². The normalized spacial score (nSPS) is 12.0. The highest BCUT2D eigenvalue weighted by Crippen LogP contribution is 2.26. The molecule has 0 aliphatic rings. The van der Waals surface area contributed by atoms with Crippen molar-refractivity contribution in [2.24, 2.45) is 0 Å². The summed E-state index contributed by atoms with van der Waals surface area (Å²) in [7, 11) is 0. The molecule has 1 heterocycles. The van der Waals surface area contributed by atoms with Crippen molar-refractivity contribution in [1.29, 1.82) is 5.26 Å². The summed E-state index contributed by atoms with van der Waals surface area (Å²) >= 11 is 1.58. The molecule has 0 spiro atoms. The molecule has 74 valence electrons. The lowest BCUT2D eigenvalue weighted by molar-refractivity contribution is 0.937. The van der Waals surface area contributed by atoms with Crippen molar-refractivity contribution in [3.8, 4) is 16.6 Å². The number of nitriles is 1. The summed E-state index contributed by atoms with van der Waals surface area (Å²) in [4.78, 5) is 4.45. The van der Waals surface area contributed by atoms with Gasteiger partial charge in [-0.1, -0.05) is 30.3 Å². The lowest BCUT2D eigenvalue weighted by Gasteiger charge is -1.95. The average Bonchev–Trinajstić information content (AvgIpc) is 2.78. The highest BCUT2D eigenvalue weighted by Gasteiger charge is 2.09. The Morgan fingerprint density at radius 3 is 2.73 bits per heavy atom. The van der Waals surface area contributed by atoms with Gasteiger partial charge < -0.3 is 0 Å². The molecule has 0 saturated heterocycles. The van der Waals surface area contributed by atoms with Crippen LogP contribution in [0.15, 0.2) is 35.7 Å². The van der Waals surface area contributed by atoms with Crippen LogP contribution in [0.3, 0.4) is 0 Å². The molecular weight excluding hydrogens is 204 g/mol. The zero-order valence-corrected chi connectivity index (χ0v) is 9.16. The SMILES string of the molecule is CC(C#N)c1csc(-c2ccccc2)n1. The van der Waals surface area contributed by atoms with Crippen LogP contribution in [0.25, 0.3) is 10.6 Å². The van der Waals surface area contributed by atoms with Crippen molar-refractivity contribution >= 4 is 11.3 Å². The van der Waals surface area contributed by atoms with Crippen LogP contribution >= 0.6 is 11.3 Å². The van der Waals surface area contributed by atoms with E-state index in [0.29, 0.717) is 0 Å². The molecule has 1 aromatic carbocycles. The first kappa shape index (κ1) is 9.88. The zero-order valence-electron chi connectivity index (χ0n) is 8.34. The minimum absolute atomic E-state index is 0.126. The summed E-state index contributed by atoms with van der Waals surface area (Å²) in [6.07, 6.45) is 0. The molecule has 0 amide bonds. The van der Waals surface area contributed by atoms with Crippen LogP contribution in [0, 0.1) is 11.3 Å². The molecule has 0 aliphatic carbocycles. The maximum atomic E-state index is 8.78. The predicted octanol–water partition coefficient (Wildman–Crippen LogP) is 3.44. The first-order chi connectivity index (χ1) is 7.31. The van der Waals surface area contributed by atoms with Crippen LogP contribution < -0.4 is 0 Å². The van der Waals surface area contributed by atoms with Gasteiger partial charge in [0.25, 0.3) is 0 Å². The Morgan fingerprint density at radius 1 is 1.33 bits per heavy atom. The number of rotatable bonds is 2. The number of hydrogen-bond donors (Lipinski definition) is 0. The quantitative estimate of drug-likeness (QED) is 0.767. The second-order valence-electron chi connectivity index (χ2n) is 3.29. The van der Waals surface area contributed by atoms with E-state index in [2.05, 4.69) is 11.1 Å². The van der Waals surface area contributed by atoms with Gasteiger partial charge in [-0.3, -0.25) is 0 Å². The third kappa shape index (κ3) is 2.05. The van der Waals surface area contributed by atoms with E-state index in [1.165, 1.54) is 0 Å². The van der Waals surface area contributed by atoms with Gasteiger partial charge in [-0.25, -0.2) is 4.98 Å². The van der Waals surface area contributed by atoms with Gasteiger partial charge in [0.05, 0.1) is 17.7 Å². The van der Waals surface area contributed by atoms with Gasteiger partial charge in [-0.2, -0.15) is 5.26 Å². The summed E-state index contributed by atoms with van der Waals surface area (Å²) in [5.74, 6) is -0.126. The van der Waals surface area contributed by atoms with Crippen LogP contribution in [0.1, 0.15) is 18.5 Å². The molecule has 2 nitrogen and oxygen atoms in total. The van der Waals surface area contributed by atoms with Gasteiger partial charge >= 0.3 is 0 Å². The monoisotopic (exact) mass is 214 g/mol. The summed E-state index contributed by atoms with van der Waals surface area (Å²) < 4.78 is 0. The molecule has 1 aromatic heterocycles. The van der Waals surface area contributed by atoms with E-state index in [-0.39, 0.29) is 5.92 Å². The highest BCUT2D eigenvalue weighted by atomic mass is 32.1. The van der Waals surface area contributed by atoms with Crippen LogP contribution in [0.2, 0.25) is 0 Å². The van der Waals surface area contributed by atoms with E-state index in [1.54, 1.807) is 11.3 Å². The largest absolute Gasteiger partial charge is 0.240 e. The number of hydrogen-bond acceptors (Lipinski definition) is 3. The summed E-state index contributed by atoms with van der Waals surface area (Å²) in [6, 6.07) is 12.2. The molecule has 2 rings (SSSR count). The topological polar surface area (TPSA) is 36.7 Å². The lowest BCUT2D eigenvalue weighted by Crippen LogP contribution is -1.88. The summed E-state index contributed by atoms with van der Waals surface area (Å²) in [6.45, 7) is 1.86. The van der Waals surface area contributed by atoms with Crippen molar-refractivity contribution in [2.75, 3.05) is 0 Å². The van der Waals surface area contributed by atoms with Crippen LogP contribution in [-0.4, -0.2) is 4.98 Å². The smallest absolute Gasteiger partial charge is 0.123 e. The fourth-order valence-electron chi connectivity index (χ4n) is 1.26. The zero-order chi connectivity index (χ0) is 10.7. The Kier molecular flexibility index (Phi) is 2.79. The van der Waals surface area contributed by atoms with Gasteiger partial charge in [0.15, 0.2) is 0 Å². The fourth-order valence-corrected chi connectivity index (χ4v) is 2.18. The van der Waals surface area contributed by atoms with Crippen LogP contribution in [-0.2, 0) is 0 Å². The Labute approximate surface area is 92.8 Å². The standard InChI is InChI=1S/C12H10N2S/c1-9(7-13)11-8-15-12(14-11)10-5-3-2-4-6-10/h2-6,8-9H,1H3. The van der Waals surface area contributed by atoms with Crippen LogP contribution in [0.5, 0.6) is 0 Å². The maximum Gasteiger partial charge on any atom is 0.123 e. The molecule has 2 aromatic rings. The number of benzene rings is 1.